The van der Waals surface area contributed by atoms with Crippen LogP contribution in [-0.4, -0.2) is 57.9 Å². The zero-order valence-electron chi connectivity index (χ0n) is 17.4. The molecule has 0 atom stereocenters. The van der Waals surface area contributed by atoms with Crippen molar-refractivity contribution in [3.05, 3.63) is 65.4 Å². The van der Waals surface area contributed by atoms with Gasteiger partial charge in [-0.25, -0.2) is 4.79 Å². The summed E-state index contributed by atoms with van der Waals surface area (Å²) in [6.07, 6.45) is 1.24. The number of hydrogen-bond donors (Lipinski definition) is 2. The molecule has 1 fully saturated rings. The quantitative estimate of drug-likeness (QED) is 0.657. The topological polar surface area (TPSA) is 68.4 Å². The average molecular weight is 435 g/mol. The Morgan fingerprint density at radius 2 is 1.74 bits per heavy atom. The second-order valence-electron chi connectivity index (χ2n) is 8.10. The summed E-state index contributed by atoms with van der Waals surface area (Å²) in [5.74, 6) is 2.22. The number of urea groups is 1. The van der Waals surface area contributed by atoms with Gasteiger partial charge in [-0.05, 0) is 23.8 Å². The fourth-order valence-electron chi connectivity index (χ4n) is 4.35. The Bertz CT molecular complexity index is 1100. The van der Waals surface area contributed by atoms with E-state index in [0.717, 1.165) is 47.8 Å². The first-order valence-corrected chi connectivity index (χ1v) is 11.9. The molecule has 3 amide bonds. The first-order valence-electron chi connectivity index (χ1n) is 10.8. The summed E-state index contributed by atoms with van der Waals surface area (Å²) in [5.41, 5.74) is 5.29. The van der Waals surface area contributed by atoms with Gasteiger partial charge in [0, 0.05) is 72.0 Å². The molecule has 0 saturated carbocycles. The fourth-order valence-corrected chi connectivity index (χ4v) is 5.25. The molecule has 0 unspecified atom stereocenters. The number of nitrogens with one attached hydrogen (secondary N) is 2. The van der Waals surface area contributed by atoms with Crippen LogP contribution < -0.4 is 5.32 Å². The predicted molar refractivity (Wildman–Crippen MR) is 125 cm³/mol. The third-order valence-corrected chi connectivity index (χ3v) is 7.04. The van der Waals surface area contributed by atoms with E-state index in [9.17, 15) is 9.59 Å². The molecular weight excluding hydrogens is 408 g/mol. The molecule has 1 saturated heterocycles. The van der Waals surface area contributed by atoms with E-state index in [1.807, 2.05) is 58.0 Å². The Balaban J connectivity index is 1.20. The van der Waals surface area contributed by atoms with Gasteiger partial charge in [-0.15, -0.1) is 0 Å². The van der Waals surface area contributed by atoms with E-state index < -0.39 is 0 Å². The number of fused-ring (bicyclic) bond motifs is 3. The highest BCUT2D eigenvalue weighted by Gasteiger charge is 2.24. The Kier molecular flexibility index (Phi) is 5.59. The largest absolute Gasteiger partial charge is 0.358 e. The first kappa shape index (κ1) is 20.0. The third kappa shape index (κ3) is 4.28. The molecule has 1 aromatic heterocycles. The smallest absolute Gasteiger partial charge is 0.322 e. The van der Waals surface area contributed by atoms with Gasteiger partial charge in [-0.1, -0.05) is 30.3 Å². The number of carbonyl (C=O) groups is 2. The van der Waals surface area contributed by atoms with Crippen molar-refractivity contribution in [3.63, 3.8) is 0 Å². The Hall–Kier alpha value is -2.93. The normalized spacial score (nSPS) is 16.3. The minimum Gasteiger partial charge on any atom is -0.358 e. The van der Waals surface area contributed by atoms with E-state index in [-0.39, 0.29) is 11.9 Å². The maximum absolute atomic E-state index is 12.8. The van der Waals surface area contributed by atoms with Crippen LogP contribution in [0.3, 0.4) is 0 Å². The van der Waals surface area contributed by atoms with Crippen molar-refractivity contribution < 1.29 is 9.59 Å². The zero-order chi connectivity index (χ0) is 21.2. The van der Waals surface area contributed by atoms with Crippen molar-refractivity contribution in [1.82, 2.24) is 14.8 Å². The van der Waals surface area contributed by atoms with Gasteiger partial charge in [-0.3, -0.25) is 4.79 Å². The maximum atomic E-state index is 12.8. The molecular formula is C24H26N4O2S. The van der Waals surface area contributed by atoms with Crippen LogP contribution in [0.2, 0.25) is 0 Å². The Morgan fingerprint density at radius 3 is 2.55 bits per heavy atom. The van der Waals surface area contributed by atoms with Crippen LogP contribution in [-0.2, 0) is 24.2 Å². The summed E-state index contributed by atoms with van der Waals surface area (Å²) in [6.45, 7) is 2.97. The standard InChI is InChI=1S/C24H26N4O2S/c29-23(27-11-13-31-14-12-27)15-17-5-7-18(8-6-17)25-24(30)28-10-9-22-20(16-28)19-3-1-2-4-21(19)26-22/h1-8,26H,9-16H2,(H,25,30). The van der Waals surface area contributed by atoms with Crippen LogP contribution >= 0.6 is 11.8 Å². The number of nitrogens with zero attached hydrogens (tertiary/aromatic N) is 2. The number of aromatic nitrogens is 1. The lowest BCUT2D eigenvalue weighted by atomic mass is 10.0. The minimum atomic E-state index is -0.0921. The van der Waals surface area contributed by atoms with Crippen LogP contribution in [0.5, 0.6) is 0 Å². The monoisotopic (exact) mass is 434 g/mol. The molecule has 7 heteroatoms. The highest BCUT2D eigenvalue weighted by atomic mass is 32.2. The second-order valence-corrected chi connectivity index (χ2v) is 9.32. The lowest BCUT2D eigenvalue weighted by Gasteiger charge is -2.27. The number of aromatic amines is 1. The van der Waals surface area contributed by atoms with E-state index in [2.05, 4.69) is 22.4 Å². The van der Waals surface area contributed by atoms with Gasteiger partial charge in [-0.2, -0.15) is 11.8 Å². The van der Waals surface area contributed by atoms with Crippen LogP contribution in [0.1, 0.15) is 16.8 Å². The molecule has 6 nitrogen and oxygen atoms in total. The summed E-state index contributed by atoms with van der Waals surface area (Å²) in [6, 6.07) is 15.8. The van der Waals surface area contributed by atoms with E-state index >= 15 is 0 Å². The van der Waals surface area contributed by atoms with Crippen molar-refractivity contribution in [3.8, 4) is 0 Å². The zero-order valence-corrected chi connectivity index (χ0v) is 18.2. The van der Waals surface area contributed by atoms with Gasteiger partial charge >= 0.3 is 6.03 Å². The van der Waals surface area contributed by atoms with E-state index in [1.165, 1.54) is 16.6 Å². The van der Waals surface area contributed by atoms with Gasteiger partial charge < -0.3 is 20.1 Å². The number of carbonyl (C=O) groups excluding carboxylic acids is 2. The van der Waals surface area contributed by atoms with Crippen molar-refractivity contribution in [2.75, 3.05) is 36.5 Å². The van der Waals surface area contributed by atoms with Gasteiger partial charge in [0.2, 0.25) is 5.91 Å². The highest BCUT2D eigenvalue weighted by molar-refractivity contribution is 7.99. The average Bonchev–Trinajstić information content (AvgIpc) is 3.19. The van der Waals surface area contributed by atoms with Crippen molar-refractivity contribution in [1.29, 1.82) is 0 Å². The van der Waals surface area contributed by atoms with Gasteiger partial charge in [0.15, 0.2) is 0 Å². The molecule has 160 valence electrons. The predicted octanol–water partition coefficient (Wildman–Crippen LogP) is 3.88. The van der Waals surface area contributed by atoms with Crippen LogP contribution in [0.15, 0.2) is 48.5 Å². The Morgan fingerprint density at radius 1 is 0.968 bits per heavy atom. The molecule has 3 aromatic rings. The third-order valence-electron chi connectivity index (χ3n) is 6.09. The van der Waals surface area contributed by atoms with Crippen LogP contribution in [0.4, 0.5) is 10.5 Å². The molecule has 0 bridgehead atoms. The van der Waals surface area contributed by atoms with Crippen molar-refractivity contribution >= 4 is 40.3 Å². The summed E-state index contributed by atoms with van der Waals surface area (Å²) in [4.78, 5) is 32.6. The molecule has 5 rings (SSSR count). The number of hydrogen-bond acceptors (Lipinski definition) is 3. The molecule has 2 aromatic carbocycles. The molecule has 2 aliphatic rings. The van der Waals surface area contributed by atoms with Crippen LogP contribution in [0.25, 0.3) is 10.9 Å². The van der Waals surface area contributed by atoms with Gasteiger partial charge in [0.25, 0.3) is 0 Å². The highest BCUT2D eigenvalue weighted by Crippen LogP contribution is 2.28. The molecule has 0 radical (unpaired) electrons. The lowest BCUT2D eigenvalue weighted by Crippen LogP contribution is -2.39. The SMILES string of the molecule is O=C(Cc1ccc(NC(=O)N2CCc3[nH]c4ccccc4c3C2)cc1)N1CCSCC1. The molecule has 2 aliphatic heterocycles. The number of benzene rings is 2. The van der Waals surface area contributed by atoms with Crippen molar-refractivity contribution in [2.45, 2.75) is 19.4 Å². The Labute approximate surface area is 186 Å². The maximum Gasteiger partial charge on any atom is 0.322 e. The minimum absolute atomic E-state index is 0.0921. The molecule has 31 heavy (non-hydrogen) atoms. The number of rotatable bonds is 3. The molecule has 0 spiro atoms. The summed E-state index contributed by atoms with van der Waals surface area (Å²) >= 11 is 1.90. The van der Waals surface area contributed by atoms with Crippen molar-refractivity contribution in [2.24, 2.45) is 0 Å². The first-order chi connectivity index (χ1) is 15.2. The lowest BCUT2D eigenvalue weighted by molar-refractivity contribution is -0.130. The molecule has 2 N–H and O–H groups in total. The number of anilines is 1. The number of amides is 3. The number of thioether (sulfide) groups is 1. The van der Waals surface area contributed by atoms with E-state index in [1.54, 1.807) is 0 Å². The van der Waals surface area contributed by atoms with Gasteiger partial charge in [0.1, 0.15) is 0 Å². The second kappa shape index (κ2) is 8.67. The summed E-state index contributed by atoms with van der Waals surface area (Å²) < 4.78 is 0. The summed E-state index contributed by atoms with van der Waals surface area (Å²) in [7, 11) is 0. The van der Waals surface area contributed by atoms with E-state index in [4.69, 9.17) is 0 Å². The van der Waals surface area contributed by atoms with Crippen LogP contribution in [0, 0.1) is 0 Å². The molecule has 0 aliphatic carbocycles. The fraction of sp³-hybridized carbons (Fsp3) is 0.333. The number of H-pyrrole nitrogens is 1. The van der Waals surface area contributed by atoms with E-state index in [0.29, 0.717) is 19.5 Å². The summed E-state index contributed by atoms with van der Waals surface area (Å²) in [5, 5.41) is 4.20. The number of para-hydroxylation sites is 1. The van der Waals surface area contributed by atoms with Gasteiger partial charge in [0.05, 0.1) is 6.42 Å². The molecule has 3 heterocycles.